The molecule has 0 aliphatic heterocycles. The quantitative estimate of drug-likeness (QED) is 0.641. The highest BCUT2D eigenvalue weighted by Crippen LogP contribution is 2.06. The van der Waals surface area contributed by atoms with Gasteiger partial charge in [0.1, 0.15) is 6.04 Å². The van der Waals surface area contributed by atoms with Crippen molar-refractivity contribution in [1.29, 1.82) is 0 Å². The molecule has 0 aromatic rings. The molecule has 5 nitrogen and oxygen atoms in total. The van der Waals surface area contributed by atoms with Gasteiger partial charge in [0.15, 0.2) is 0 Å². The van der Waals surface area contributed by atoms with Crippen LogP contribution in [0.5, 0.6) is 0 Å². The second-order valence-corrected chi connectivity index (χ2v) is 3.66. The third kappa shape index (κ3) is 4.78. The van der Waals surface area contributed by atoms with Crippen molar-refractivity contribution in [3.8, 4) is 0 Å². The molecule has 0 aromatic heterocycles. The smallest absolute Gasteiger partial charge is 0.323 e. The molecule has 1 amide bonds. The lowest BCUT2D eigenvalue weighted by atomic mass is 10.2. The molecule has 5 heteroatoms. The Kier molecular flexibility index (Phi) is 5.93. The van der Waals surface area contributed by atoms with Crippen LogP contribution in [0.3, 0.4) is 0 Å². The van der Waals surface area contributed by atoms with E-state index in [4.69, 9.17) is 10.5 Å². The molecule has 15 heavy (non-hydrogen) atoms. The minimum atomic E-state index is -0.447. The van der Waals surface area contributed by atoms with Crippen LogP contribution in [0.4, 0.5) is 0 Å². The summed E-state index contributed by atoms with van der Waals surface area (Å²) < 4.78 is 4.88. The maximum absolute atomic E-state index is 11.5. The van der Waals surface area contributed by atoms with Gasteiger partial charge < -0.3 is 10.5 Å². The van der Waals surface area contributed by atoms with Gasteiger partial charge in [0, 0.05) is 6.04 Å². The number of ether oxygens (including phenoxy) is 1. The van der Waals surface area contributed by atoms with E-state index in [9.17, 15) is 9.59 Å². The average Bonchev–Trinajstić information content (AvgIpc) is 2.12. The summed E-state index contributed by atoms with van der Waals surface area (Å²) in [6.45, 7) is 7.67. The van der Waals surface area contributed by atoms with Crippen molar-refractivity contribution in [2.45, 2.75) is 39.8 Å². The summed E-state index contributed by atoms with van der Waals surface area (Å²) in [5.74, 6) is -0.771. The van der Waals surface area contributed by atoms with Crippen LogP contribution in [0.25, 0.3) is 0 Å². The van der Waals surface area contributed by atoms with Crippen LogP contribution in [-0.2, 0) is 14.3 Å². The fourth-order valence-electron chi connectivity index (χ4n) is 1.34. The molecular weight excluding hydrogens is 196 g/mol. The molecule has 1 unspecified atom stereocenters. The van der Waals surface area contributed by atoms with Crippen LogP contribution in [0.1, 0.15) is 27.7 Å². The molecule has 0 spiro atoms. The van der Waals surface area contributed by atoms with Gasteiger partial charge in [-0.2, -0.15) is 0 Å². The van der Waals surface area contributed by atoms with Crippen molar-refractivity contribution in [2.75, 3.05) is 13.2 Å². The Hall–Kier alpha value is -1.10. The van der Waals surface area contributed by atoms with Crippen molar-refractivity contribution >= 4 is 11.9 Å². The number of hydrogen-bond donors (Lipinski definition) is 1. The second kappa shape index (κ2) is 6.40. The fourth-order valence-corrected chi connectivity index (χ4v) is 1.34. The van der Waals surface area contributed by atoms with Gasteiger partial charge in [0.2, 0.25) is 5.91 Å². The van der Waals surface area contributed by atoms with Crippen LogP contribution in [0, 0.1) is 0 Å². The van der Waals surface area contributed by atoms with E-state index < -0.39 is 11.9 Å². The third-order valence-corrected chi connectivity index (χ3v) is 2.13. The monoisotopic (exact) mass is 216 g/mol. The summed E-state index contributed by atoms with van der Waals surface area (Å²) in [4.78, 5) is 24.0. The average molecular weight is 216 g/mol. The van der Waals surface area contributed by atoms with Crippen LogP contribution >= 0.6 is 0 Å². The predicted molar refractivity (Wildman–Crippen MR) is 57.1 cm³/mol. The normalized spacial score (nSPS) is 12.9. The van der Waals surface area contributed by atoms with Crippen molar-refractivity contribution in [2.24, 2.45) is 5.73 Å². The van der Waals surface area contributed by atoms with Gasteiger partial charge >= 0.3 is 5.97 Å². The zero-order valence-corrected chi connectivity index (χ0v) is 9.82. The molecule has 0 aliphatic rings. The zero-order chi connectivity index (χ0) is 12.0. The van der Waals surface area contributed by atoms with Crippen LogP contribution in [0.2, 0.25) is 0 Å². The Morgan fingerprint density at radius 2 is 1.87 bits per heavy atom. The third-order valence-electron chi connectivity index (χ3n) is 2.13. The molecule has 0 fully saturated rings. The highest BCUT2D eigenvalue weighted by molar-refractivity contribution is 5.79. The molecule has 0 rings (SSSR count). The van der Waals surface area contributed by atoms with Crippen molar-refractivity contribution in [3.63, 3.8) is 0 Å². The van der Waals surface area contributed by atoms with Gasteiger partial charge in [-0.1, -0.05) is 0 Å². The first-order chi connectivity index (χ1) is 6.90. The molecule has 1 atom stereocenters. The minimum absolute atomic E-state index is 0.0666. The summed E-state index contributed by atoms with van der Waals surface area (Å²) in [6, 6.07) is -0.380. The molecular formula is C10H20N2O3. The van der Waals surface area contributed by atoms with Crippen LogP contribution in [0.15, 0.2) is 0 Å². The number of esters is 1. The van der Waals surface area contributed by atoms with Crippen molar-refractivity contribution < 1.29 is 14.3 Å². The molecule has 0 bridgehead atoms. The number of rotatable bonds is 6. The summed E-state index contributed by atoms with van der Waals surface area (Å²) in [5.41, 5.74) is 5.11. The van der Waals surface area contributed by atoms with E-state index in [2.05, 4.69) is 0 Å². The van der Waals surface area contributed by atoms with E-state index in [0.717, 1.165) is 0 Å². The van der Waals surface area contributed by atoms with Gasteiger partial charge in [-0.25, -0.2) is 0 Å². The SMILES string of the molecule is CCOC(=O)C(C)N(CC(N)=O)C(C)C. The Morgan fingerprint density at radius 3 is 2.20 bits per heavy atom. The molecule has 0 radical (unpaired) electrons. The first kappa shape index (κ1) is 13.9. The van der Waals surface area contributed by atoms with E-state index in [-0.39, 0.29) is 18.6 Å². The summed E-state index contributed by atoms with van der Waals surface area (Å²) in [7, 11) is 0. The van der Waals surface area contributed by atoms with E-state index in [0.29, 0.717) is 6.61 Å². The first-order valence-electron chi connectivity index (χ1n) is 5.10. The largest absolute Gasteiger partial charge is 0.465 e. The first-order valence-corrected chi connectivity index (χ1v) is 5.10. The minimum Gasteiger partial charge on any atom is -0.465 e. The van der Waals surface area contributed by atoms with Crippen molar-refractivity contribution in [1.82, 2.24) is 4.90 Å². The highest BCUT2D eigenvalue weighted by atomic mass is 16.5. The van der Waals surface area contributed by atoms with E-state index in [1.54, 1.807) is 18.7 Å². The van der Waals surface area contributed by atoms with Gasteiger partial charge in [-0.05, 0) is 27.7 Å². The number of amides is 1. The summed E-state index contributed by atoms with van der Waals surface area (Å²) >= 11 is 0. The van der Waals surface area contributed by atoms with Crippen LogP contribution in [-0.4, -0.2) is 42.0 Å². The number of carbonyl (C=O) groups is 2. The molecule has 0 saturated heterocycles. The number of nitrogens with zero attached hydrogens (tertiary/aromatic N) is 1. The van der Waals surface area contributed by atoms with E-state index in [1.807, 2.05) is 13.8 Å². The highest BCUT2D eigenvalue weighted by Gasteiger charge is 2.25. The molecule has 0 heterocycles. The van der Waals surface area contributed by atoms with Gasteiger partial charge in [-0.15, -0.1) is 0 Å². The van der Waals surface area contributed by atoms with E-state index in [1.165, 1.54) is 0 Å². The van der Waals surface area contributed by atoms with Gasteiger partial charge in [0.25, 0.3) is 0 Å². The molecule has 0 aliphatic carbocycles. The number of primary amides is 1. The van der Waals surface area contributed by atoms with E-state index >= 15 is 0 Å². The molecule has 0 saturated carbocycles. The Morgan fingerprint density at radius 1 is 1.33 bits per heavy atom. The van der Waals surface area contributed by atoms with Crippen molar-refractivity contribution in [3.05, 3.63) is 0 Å². The molecule has 0 aromatic carbocycles. The van der Waals surface area contributed by atoms with Gasteiger partial charge in [-0.3, -0.25) is 14.5 Å². The summed E-state index contributed by atoms with van der Waals surface area (Å²) in [5, 5.41) is 0. The maximum Gasteiger partial charge on any atom is 0.323 e. The maximum atomic E-state index is 11.5. The number of carbonyl (C=O) groups excluding carboxylic acids is 2. The fraction of sp³-hybridized carbons (Fsp3) is 0.800. The number of hydrogen-bond acceptors (Lipinski definition) is 4. The Bertz CT molecular complexity index is 229. The zero-order valence-electron chi connectivity index (χ0n) is 9.82. The topological polar surface area (TPSA) is 72.6 Å². The lowest BCUT2D eigenvalue weighted by molar-refractivity contribution is -0.150. The predicted octanol–water partition coefficient (Wildman–Crippen LogP) is 0.134. The molecule has 88 valence electrons. The lowest BCUT2D eigenvalue weighted by Gasteiger charge is -2.29. The summed E-state index contributed by atoms with van der Waals surface area (Å²) in [6.07, 6.45) is 0. The standard InChI is InChI=1S/C10H20N2O3/c1-5-15-10(14)8(4)12(7(2)3)6-9(11)13/h7-8H,5-6H2,1-4H3,(H2,11,13). The van der Waals surface area contributed by atoms with Gasteiger partial charge in [0.05, 0.1) is 13.2 Å². The second-order valence-electron chi connectivity index (χ2n) is 3.66. The van der Waals surface area contributed by atoms with Crippen LogP contribution < -0.4 is 5.73 Å². The number of nitrogens with two attached hydrogens (primary N) is 1. The molecule has 2 N–H and O–H groups in total. The lowest BCUT2D eigenvalue weighted by Crippen LogP contribution is -2.48. The Balaban J connectivity index is 4.47. The Labute approximate surface area is 90.6 Å².